The van der Waals surface area contributed by atoms with Gasteiger partial charge < -0.3 is 4.74 Å². The molecule has 0 bridgehead atoms. The van der Waals surface area contributed by atoms with Gasteiger partial charge in [-0.3, -0.25) is 0 Å². The minimum atomic E-state index is -4.88. The first kappa shape index (κ1) is 17.2. The number of aromatic nitrogens is 1. The molecular formula is C16H11F3N2O3S. The fraction of sp³-hybridized carbons (Fsp3) is 0.0625. The van der Waals surface area contributed by atoms with Crippen LogP contribution in [0.15, 0.2) is 59.5 Å². The molecule has 0 spiro atoms. The molecule has 0 fully saturated rings. The van der Waals surface area contributed by atoms with Crippen LogP contribution in [0.5, 0.6) is 5.88 Å². The van der Waals surface area contributed by atoms with E-state index >= 15 is 0 Å². The molecule has 0 radical (unpaired) electrons. The van der Waals surface area contributed by atoms with Gasteiger partial charge in [0.25, 0.3) is 0 Å². The molecule has 0 atom stereocenters. The molecule has 0 saturated carbocycles. The van der Waals surface area contributed by atoms with E-state index in [9.17, 15) is 21.6 Å². The van der Waals surface area contributed by atoms with Crippen LogP contribution in [0.4, 0.5) is 13.2 Å². The Morgan fingerprint density at radius 3 is 2.28 bits per heavy atom. The number of nitrogens with zero attached hydrogens (tertiary/aromatic N) is 1. The second-order valence-electron chi connectivity index (χ2n) is 5.12. The number of para-hydroxylation sites is 1. The van der Waals surface area contributed by atoms with Gasteiger partial charge in [0.2, 0.25) is 15.9 Å². The zero-order valence-electron chi connectivity index (χ0n) is 12.5. The highest BCUT2D eigenvalue weighted by atomic mass is 32.2. The summed E-state index contributed by atoms with van der Waals surface area (Å²) in [5, 5.41) is 5.75. The number of halogens is 3. The van der Waals surface area contributed by atoms with Crippen molar-refractivity contribution in [1.82, 2.24) is 4.98 Å². The Morgan fingerprint density at radius 2 is 1.60 bits per heavy atom. The molecule has 3 aromatic rings. The standard InChI is InChI=1S/C16H11F3N2O3S/c17-16(18,19)24-14-9-8-10-4-3-6-12(15(10)21-14)11-5-1-2-7-13(11)25(20,22)23/h1-9H,(H2,20,22,23). The molecule has 25 heavy (non-hydrogen) atoms. The number of sulfonamides is 1. The van der Waals surface area contributed by atoms with E-state index in [0.717, 1.165) is 6.07 Å². The molecule has 1 aromatic heterocycles. The molecule has 0 aliphatic rings. The van der Waals surface area contributed by atoms with Crippen LogP contribution < -0.4 is 9.88 Å². The Morgan fingerprint density at radius 1 is 0.920 bits per heavy atom. The van der Waals surface area contributed by atoms with Crippen molar-refractivity contribution in [3.63, 3.8) is 0 Å². The monoisotopic (exact) mass is 368 g/mol. The maximum atomic E-state index is 12.4. The molecule has 0 amide bonds. The number of pyridine rings is 1. The van der Waals surface area contributed by atoms with Gasteiger partial charge in [-0.05, 0) is 12.1 Å². The molecule has 9 heteroatoms. The zero-order chi connectivity index (χ0) is 18.2. The molecule has 5 nitrogen and oxygen atoms in total. The van der Waals surface area contributed by atoms with Gasteiger partial charge in [0.15, 0.2) is 0 Å². The molecule has 130 valence electrons. The Bertz CT molecular complexity index is 1050. The average molecular weight is 368 g/mol. The Hall–Kier alpha value is -2.65. The van der Waals surface area contributed by atoms with Gasteiger partial charge in [-0.2, -0.15) is 0 Å². The van der Waals surface area contributed by atoms with Crippen molar-refractivity contribution >= 4 is 20.9 Å². The van der Waals surface area contributed by atoms with E-state index in [1.54, 1.807) is 24.3 Å². The minimum Gasteiger partial charge on any atom is -0.388 e. The third kappa shape index (κ3) is 3.72. The molecule has 2 aromatic carbocycles. The SMILES string of the molecule is NS(=O)(=O)c1ccccc1-c1cccc2ccc(OC(F)(F)F)nc12. The van der Waals surface area contributed by atoms with E-state index in [1.165, 1.54) is 24.3 Å². The van der Waals surface area contributed by atoms with Crippen LogP contribution in [-0.2, 0) is 10.0 Å². The first-order valence-electron chi connectivity index (χ1n) is 6.93. The van der Waals surface area contributed by atoms with E-state index in [4.69, 9.17) is 5.14 Å². The van der Waals surface area contributed by atoms with Crippen molar-refractivity contribution in [2.75, 3.05) is 0 Å². The number of ether oxygens (including phenoxy) is 1. The normalized spacial score (nSPS) is 12.3. The summed E-state index contributed by atoms with van der Waals surface area (Å²) in [5.41, 5.74) is 0.738. The lowest BCUT2D eigenvalue weighted by Gasteiger charge is -2.12. The Balaban J connectivity index is 2.26. The van der Waals surface area contributed by atoms with Crippen LogP contribution in [-0.4, -0.2) is 19.8 Å². The number of benzene rings is 2. The lowest BCUT2D eigenvalue weighted by atomic mass is 10.0. The van der Waals surface area contributed by atoms with Crippen LogP contribution in [0, 0.1) is 0 Å². The Labute approximate surface area is 140 Å². The van der Waals surface area contributed by atoms with E-state index in [1.807, 2.05) is 0 Å². The maximum Gasteiger partial charge on any atom is 0.574 e. The van der Waals surface area contributed by atoms with Crippen molar-refractivity contribution in [2.45, 2.75) is 11.3 Å². The van der Waals surface area contributed by atoms with Crippen molar-refractivity contribution < 1.29 is 26.3 Å². The minimum absolute atomic E-state index is 0.147. The van der Waals surface area contributed by atoms with Gasteiger partial charge in [0.1, 0.15) is 0 Å². The predicted octanol–water partition coefficient (Wildman–Crippen LogP) is 3.45. The lowest BCUT2D eigenvalue weighted by Crippen LogP contribution is -2.17. The van der Waals surface area contributed by atoms with Gasteiger partial charge in [0.05, 0.1) is 10.4 Å². The molecular weight excluding hydrogens is 357 g/mol. The summed E-state index contributed by atoms with van der Waals surface area (Å²) < 4.78 is 64.7. The quantitative estimate of drug-likeness (QED) is 0.768. The number of hydrogen-bond donors (Lipinski definition) is 1. The summed E-state index contributed by atoms with van der Waals surface area (Å²) in [7, 11) is -4.03. The third-order valence-electron chi connectivity index (χ3n) is 3.40. The summed E-state index contributed by atoms with van der Waals surface area (Å²) >= 11 is 0. The van der Waals surface area contributed by atoms with Crippen LogP contribution in [0.2, 0.25) is 0 Å². The van der Waals surface area contributed by atoms with E-state index in [0.29, 0.717) is 10.9 Å². The topological polar surface area (TPSA) is 82.3 Å². The summed E-state index contributed by atoms with van der Waals surface area (Å²) in [6.07, 6.45) is -4.88. The fourth-order valence-electron chi connectivity index (χ4n) is 2.46. The number of fused-ring (bicyclic) bond motifs is 1. The highest BCUT2D eigenvalue weighted by Crippen LogP contribution is 2.33. The van der Waals surface area contributed by atoms with E-state index in [2.05, 4.69) is 9.72 Å². The first-order chi connectivity index (χ1) is 11.6. The average Bonchev–Trinajstić information content (AvgIpc) is 2.52. The van der Waals surface area contributed by atoms with Gasteiger partial charge in [-0.25, -0.2) is 18.5 Å². The summed E-state index contributed by atoms with van der Waals surface area (Å²) in [6.45, 7) is 0. The second kappa shape index (κ2) is 6.01. The molecule has 2 N–H and O–H groups in total. The predicted molar refractivity (Wildman–Crippen MR) is 85.2 cm³/mol. The van der Waals surface area contributed by atoms with Crippen molar-refractivity contribution in [2.24, 2.45) is 5.14 Å². The molecule has 0 aliphatic heterocycles. The van der Waals surface area contributed by atoms with Crippen molar-refractivity contribution in [1.29, 1.82) is 0 Å². The van der Waals surface area contributed by atoms with Gasteiger partial charge in [-0.15, -0.1) is 13.2 Å². The number of nitrogens with two attached hydrogens (primary N) is 1. The highest BCUT2D eigenvalue weighted by molar-refractivity contribution is 7.89. The summed E-state index contributed by atoms with van der Waals surface area (Å²) in [5.74, 6) is -0.638. The van der Waals surface area contributed by atoms with Crippen LogP contribution in [0.1, 0.15) is 0 Å². The first-order valence-corrected chi connectivity index (χ1v) is 8.47. The molecule has 3 rings (SSSR count). The van der Waals surface area contributed by atoms with Crippen LogP contribution in [0.25, 0.3) is 22.0 Å². The smallest absolute Gasteiger partial charge is 0.388 e. The summed E-state index contributed by atoms with van der Waals surface area (Å²) in [6, 6.07) is 13.3. The van der Waals surface area contributed by atoms with Crippen molar-refractivity contribution in [3.8, 4) is 17.0 Å². The molecule has 0 saturated heterocycles. The molecule has 0 aliphatic carbocycles. The zero-order valence-corrected chi connectivity index (χ0v) is 13.3. The van der Waals surface area contributed by atoms with Gasteiger partial charge in [-0.1, -0.05) is 36.4 Å². The third-order valence-corrected chi connectivity index (χ3v) is 4.37. The van der Waals surface area contributed by atoms with Crippen LogP contribution in [0.3, 0.4) is 0 Å². The number of alkyl halides is 3. The number of rotatable bonds is 3. The second-order valence-corrected chi connectivity index (χ2v) is 6.65. The van der Waals surface area contributed by atoms with E-state index < -0.39 is 22.3 Å². The lowest BCUT2D eigenvalue weighted by molar-refractivity contribution is -0.276. The summed E-state index contributed by atoms with van der Waals surface area (Å²) in [4.78, 5) is 3.74. The molecule has 1 heterocycles. The fourth-order valence-corrected chi connectivity index (χ4v) is 3.21. The largest absolute Gasteiger partial charge is 0.574 e. The van der Waals surface area contributed by atoms with Crippen LogP contribution >= 0.6 is 0 Å². The number of primary sulfonamides is 1. The highest BCUT2D eigenvalue weighted by Gasteiger charge is 2.32. The van der Waals surface area contributed by atoms with Gasteiger partial charge in [0, 0.05) is 22.6 Å². The maximum absolute atomic E-state index is 12.4. The van der Waals surface area contributed by atoms with E-state index in [-0.39, 0.29) is 16.0 Å². The molecule has 0 unspecified atom stereocenters. The van der Waals surface area contributed by atoms with Gasteiger partial charge >= 0.3 is 6.36 Å². The van der Waals surface area contributed by atoms with Crippen molar-refractivity contribution in [3.05, 3.63) is 54.6 Å². The Kier molecular flexibility index (Phi) is 4.13. The number of hydrogen-bond acceptors (Lipinski definition) is 4.